The summed E-state index contributed by atoms with van der Waals surface area (Å²) < 4.78 is 43.1. The lowest BCUT2D eigenvalue weighted by atomic mass is 9.80. The van der Waals surface area contributed by atoms with Gasteiger partial charge in [0.25, 0.3) is 0 Å². The molecule has 0 aliphatic carbocycles. The number of benzene rings is 1. The van der Waals surface area contributed by atoms with E-state index in [9.17, 15) is 27.9 Å². The fourth-order valence-electron chi connectivity index (χ4n) is 2.60. The number of rotatable bonds is 5. The summed E-state index contributed by atoms with van der Waals surface area (Å²) in [6, 6.07) is 4.52. The van der Waals surface area contributed by atoms with Crippen LogP contribution >= 0.6 is 0 Å². The Kier molecular flexibility index (Phi) is 5.48. The fraction of sp³-hybridized carbons (Fsp3) is 0.500. The highest BCUT2D eigenvalue weighted by Crippen LogP contribution is 2.31. The van der Waals surface area contributed by atoms with Crippen molar-refractivity contribution in [2.75, 3.05) is 19.8 Å². The first kappa shape index (κ1) is 18.3. The number of carbonyl (C=O) groups excluding carboxylic acids is 1. The van der Waals surface area contributed by atoms with E-state index in [4.69, 9.17) is 4.74 Å². The zero-order valence-electron chi connectivity index (χ0n) is 12.9. The number of amides is 1. The molecule has 1 fully saturated rings. The predicted molar refractivity (Wildman–Crippen MR) is 78.3 cm³/mol. The van der Waals surface area contributed by atoms with Crippen molar-refractivity contribution < 1.29 is 32.6 Å². The molecule has 0 unspecified atom stereocenters. The van der Waals surface area contributed by atoms with Gasteiger partial charge >= 0.3 is 12.1 Å². The average molecular weight is 345 g/mol. The molecule has 0 spiro atoms. The second-order valence-corrected chi connectivity index (χ2v) is 5.85. The minimum atomic E-state index is -4.47. The van der Waals surface area contributed by atoms with Crippen LogP contribution in [0, 0.1) is 5.41 Å². The maximum Gasteiger partial charge on any atom is 0.416 e. The predicted octanol–water partition coefficient (Wildman–Crippen LogP) is 2.25. The maximum atomic E-state index is 12.7. The first-order valence-electron chi connectivity index (χ1n) is 7.47. The van der Waals surface area contributed by atoms with Crippen LogP contribution in [-0.2, 0) is 26.9 Å². The maximum absolute atomic E-state index is 12.7. The summed E-state index contributed by atoms with van der Waals surface area (Å²) in [5.41, 5.74) is -1.68. The van der Waals surface area contributed by atoms with E-state index in [0.29, 0.717) is 13.2 Å². The molecule has 1 aromatic rings. The van der Waals surface area contributed by atoms with Crippen LogP contribution in [0.1, 0.15) is 24.0 Å². The van der Waals surface area contributed by atoms with E-state index in [0.717, 1.165) is 12.1 Å². The average Bonchev–Trinajstić information content (AvgIpc) is 2.53. The Morgan fingerprint density at radius 3 is 2.50 bits per heavy atom. The molecule has 1 amide bonds. The van der Waals surface area contributed by atoms with Crippen LogP contribution in [0.3, 0.4) is 0 Å². The molecule has 1 aliphatic rings. The molecule has 1 saturated heterocycles. The fourth-order valence-corrected chi connectivity index (χ4v) is 2.60. The van der Waals surface area contributed by atoms with Gasteiger partial charge in [0.05, 0.1) is 17.4 Å². The summed E-state index contributed by atoms with van der Waals surface area (Å²) in [6.45, 7) is 0.537. The molecule has 8 heteroatoms. The van der Waals surface area contributed by atoms with Gasteiger partial charge in [-0.1, -0.05) is 18.2 Å². The minimum Gasteiger partial charge on any atom is -0.481 e. The number of carboxylic acids is 1. The van der Waals surface area contributed by atoms with Crippen LogP contribution < -0.4 is 5.32 Å². The Bertz CT molecular complexity index is 610. The Balaban J connectivity index is 1.97. The third kappa shape index (κ3) is 4.47. The number of carboxylic acid groups (broad SMARTS) is 1. The summed E-state index contributed by atoms with van der Waals surface area (Å²) in [5.74, 6) is -1.52. The Morgan fingerprint density at radius 1 is 1.25 bits per heavy atom. The van der Waals surface area contributed by atoms with Gasteiger partial charge in [0.2, 0.25) is 5.91 Å². The molecule has 0 atom stereocenters. The molecule has 0 saturated carbocycles. The summed E-state index contributed by atoms with van der Waals surface area (Å²) in [5, 5.41) is 11.9. The molecule has 1 heterocycles. The van der Waals surface area contributed by atoms with Gasteiger partial charge in [0.15, 0.2) is 0 Å². The van der Waals surface area contributed by atoms with Gasteiger partial charge in [-0.25, -0.2) is 0 Å². The number of ether oxygens (including phenoxy) is 1. The number of hydrogen-bond acceptors (Lipinski definition) is 3. The Hall–Kier alpha value is -2.09. The second kappa shape index (κ2) is 7.21. The lowest BCUT2D eigenvalue weighted by Crippen LogP contribution is -2.46. The van der Waals surface area contributed by atoms with Crippen LogP contribution in [0.15, 0.2) is 24.3 Å². The van der Waals surface area contributed by atoms with E-state index in [1.54, 1.807) is 0 Å². The summed E-state index contributed by atoms with van der Waals surface area (Å²) in [6.07, 6.45) is -4.14. The van der Waals surface area contributed by atoms with Crippen molar-refractivity contribution >= 4 is 11.9 Å². The van der Waals surface area contributed by atoms with Crippen LogP contribution in [0.4, 0.5) is 13.2 Å². The third-order valence-electron chi connectivity index (χ3n) is 4.15. The van der Waals surface area contributed by atoms with Crippen molar-refractivity contribution in [3.8, 4) is 0 Å². The SMILES string of the molecule is O=C(Cc1cccc(C(F)(F)F)c1)NCC1(C(=O)O)CCOCC1. The number of alkyl halides is 3. The van der Waals surface area contributed by atoms with Crippen LogP contribution in [0.5, 0.6) is 0 Å². The van der Waals surface area contributed by atoms with Gasteiger partial charge in [0.1, 0.15) is 0 Å². The molecule has 0 aromatic heterocycles. The molecule has 132 valence electrons. The standard InChI is InChI=1S/C16H18F3NO4/c17-16(18,19)12-3-1-2-11(8-12)9-13(21)20-10-15(14(22)23)4-6-24-7-5-15/h1-3,8H,4-7,9-10H2,(H,20,21)(H,22,23). The number of halogens is 3. The second-order valence-electron chi connectivity index (χ2n) is 5.85. The molecule has 0 bridgehead atoms. The van der Waals surface area contributed by atoms with Gasteiger partial charge in [0, 0.05) is 19.8 Å². The first-order valence-corrected chi connectivity index (χ1v) is 7.47. The van der Waals surface area contributed by atoms with E-state index >= 15 is 0 Å². The van der Waals surface area contributed by atoms with Crippen LogP contribution in [0.25, 0.3) is 0 Å². The quantitative estimate of drug-likeness (QED) is 0.858. The van der Waals surface area contributed by atoms with E-state index in [2.05, 4.69) is 5.32 Å². The van der Waals surface area contributed by atoms with Crippen molar-refractivity contribution in [3.63, 3.8) is 0 Å². The molecular formula is C16H18F3NO4. The molecule has 0 radical (unpaired) electrons. The third-order valence-corrected chi connectivity index (χ3v) is 4.15. The summed E-state index contributed by atoms with van der Waals surface area (Å²) in [4.78, 5) is 23.4. The first-order chi connectivity index (χ1) is 11.2. The lowest BCUT2D eigenvalue weighted by Gasteiger charge is -2.33. The van der Waals surface area contributed by atoms with E-state index in [1.165, 1.54) is 12.1 Å². The van der Waals surface area contributed by atoms with Gasteiger partial charge in [-0.15, -0.1) is 0 Å². The van der Waals surface area contributed by atoms with Crippen LogP contribution in [-0.4, -0.2) is 36.7 Å². The highest BCUT2D eigenvalue weighted by molar-refractivity contribution is 5.80. The molecule has 2 N–H and O–H groups in total. The van der Waals surface area contributed by atoms with Crippen molar-refractivity contribution in [2.45, 2.75) is 25.4 Å². The van der Waals surface area contributed by atoms with Gasteiger partial charge in [-0.05, 0) is 24.5 Å². The monoisotopic (exact) mass is 345 g/mol. The lowest BCUT2D eigenvalue weighted by molar-refractivity contribution is -0.154. The smallest absolute Gasteiger partial charge is 0.416 e. The number of carbonyl (C=O) groups is 2. The molecule has 5 nitrogen and oxygen atoms in total. The van der Waals surface area contributed by atoms with Crippen molar-refractivity contribution in [1.29, 1.82) is 0 Å². The molecule has 1 aliphatic heterocycles. The number of nitrogens with one attached hydrogen (secondary N) is 1. The highest BCUT2D eigenvalue weighted by Gasteiger charge is 2.40. The van der Waals surface area contributed by atoms with E-state index in [-0.39, 0.29) is 31.4 Å². The number of aliphatic carboxylic acids is 1. The molecule has 2 rings (SSSR count). The van der Waals surface area contributed by atoms with Crippen LogP contribution in [0.2, 0.25) is 0 Å². The van der Waals surface area contributed by atoms with E-state index < -0.39 is 29.0 Å². The zero-order valence-corrected chi connectivity index (χ0v) is 12.9. The minimum absolute atomic E-state index is 0.0660. The zero-order chi connectivity index (χ0) is 17.8. The Labute approximate surface area is 136 Å². The van der Waals surface area contributed by atoms with Crippen molar-refractivity contribution in [3.05, 3.63) is 35.4 Å². The highest BCUT2D eigenvalue weighted by atomic mass is 19.4. The number of hydrogen-bond donors (Lipinski definition) is 2. The van der Waals surface area contributed by atoms with E-state index in [1.807, 2.05) is 0 Å². The topological polar surface area (TPSA) is 75.6 Å². The normalized spacial score (nSPS) is 17.3. The van der Waals surface area contributed by atoms with Crippen molar-refractivity contribution in [2.24, 2.45) is 5.41 Å². The largest absolute Gasteiger partial charge is 0.481 e. The van der Waals surface area contributed by atoms with Gasteiger partial charge < -0.3 is 15.2 Å². The van der Waals surface area contributed by atoms with Crippen molar-refractivity contribution in [1.82, 2.24) is 5.32 Å². The van der Waals surface area contributed by atoms with Gasteiger partial charge in [-0.2, -0.15) is 13.2 Å². The summed E-state index contributed by atoms with van der Waals surface area (Å²) >= 11 is 0. The van der Waals surface area contributed by atoms with Gasteiger partial charge in [-0.3, -0.25) is 9.59 Å². The Morgan fingerprint density at radius 2 is 1.92 bits per heavy atom. The summed E-state index contributed by atoms with van der Waals surface area (Å²) in [7, 11) is 0. The molecule has 24 heavy (non-hydrogen) atoms. The molecule has 1 aromatic carbocycles. The molecular weight excluding hydrogens is 327 g/mol.